The minimum absolute atomic E-state index is 0.160. The second kappa shape index (κ2) is 7.87. The van der Waals surface area contributed by atoms with E-state index in [2.05, 4.69) is 5.32 Å². The average Bonchev–Trinajstić information content (AvgIpc) is 3.05. The van der Waals surface area contributed by atoms with E-state index in [0.29, 0.717) is 4.88 Å². The lowest BCUT2D eigenvalue weighted by molar-refractivity contribution is -0.132. The predicted molar refractivity (Wildman–Crippen MR) is 86.6 cm³/mol. The molecule has 0 fully saturated rings. The highest BCUT2D eigenvalue weighted by Crippen LogP contribution is 2.15. The second-order valence-corrected chi connectivity index (χ2v) is 6.34. The van der Waals surface area contributed by atoms with Crippen LogP contribution in [0, 0.1) is 11.7 Å². The minimum Gasteiger partial charge on any atom is -0.448 e. The number of hydrogen-bond donors (Lipinski definition) is 1. The Morgan fingerprint density at radius 3 is 2.48 bits per heavy atom. The lowest BCUT2D eigenvalue weighted by atomic mass is 10.1. The quantitative estimate of drug-likeness (QED) is 0.823. The molecule has 1 heterocycles. The van der Waals surface area contributed by atoms with Crippen LogP contribution >= 0.6 is 11.3 Å². The van der Waals surface area contributed by atoms with Gasteiger partial charge in [0.05, 0.1) is 0 Å². The molecule has 0 aliphatic heterocycles. The average molecular weight is 335 g/mol. The highest BCUT2D eigenvalue weighted by molar-refractivity contribution is 7.11. The molecule has 6 heteroatoms. The Balaban J connectivity index is 1.95. The number of hydrogen-bond acceptors (Lipinski definition) is 4. The zero-order chi connectivity index (χ0) is 16.8. The van der Waals surface area contributed by atoms with Crippen LogP contribution in [-0.4, -0.2) is 18.0 Å². The van der Waals surface area contributed by atoms with Crippen LogP contribution in [-0.2, 0) is 16.1 Å². The zero-order valence-corrected chi connectivity index (χ0v) is 13.7. The third kappa shape index (κ3) is 4.89. The number of carbonyl (C=O) groups excluding carboxylic acids is 2. The molecule has 0 bridgehead atoms. The second-order valence-electron chi connectivity index (χ2n) is 5.39. The van der Waals surface area contributed by atoms with Crippen LogP contribution in [0.3, 0.4) is 0 Å². The van der Waals surface area contributed by atoms with E-state index in [1.165, 1.54) is 23.5 Å². The maximum atomic E-state index is 12.9. The van der Waals surface area contributed by atoms with Gasteiger partial charge in [-0.3, -0.25) is 4.79 Å². The van der Waals surface area contributed by atoms with Crippen LogP contribution in [0.15, 0.2) is 41.8 Å². The highest BCUT2D eigenvalue weighted by Gasteiger charge is 2.27. The molecule has 0 saturated heterocycles. The van der Waals surface area contributed by atoms with E-state index >= 15 is 0 Å². The molecule has 0 saturated carbocycles. The van der Waals surface area contributed by atoms with Gasteiger partial charge < -0.3 is 10.1 Å². The smallest absolute Gasteiger partial charge is 0.349 e. The molecule has 1 atom stereocenters. The summed E-state index contributed by atoms with van der Waals surface area (Å²) < 4.78 is 18.2. The molecule has 0 radical (unpaired) electrons. The molecular weight excluding hydrogens is 317 g/mol. The summed E-state index contributed by atoms with van der Waals surface area (Å²) >= 11 is 1.27. The summed E-state index contributed by atoms with van der Waals surface area (Å²) in [6.45, 7) is 3.87. The molecule has 1 amide bonds. The summed E-state index contributed by atoms with van der Waals surface area (Å²) in [5, 5.41) is 4.49. The lowest BCUT2D eigenvalue weighted by Gasteiger charge is -2.20. The van der Waals surface area contributed by atoms with Gasteiger partial charge in [-0.1, -0.05) is 32.0 Å². The van der Waals surface area contributed by atoms with E-state index in [0.717, 1.165) is 5.56 Å². The number of ether oxygens (including phenoxy) is 1. The van der Waals surface area contributed by atoms with Gasteiger partial charge >= 0.3 is 5.97 Å². The molecule has 0 aliphatic rings. The maximum absolute atomic E-state index is 12.9. The van der Waals surface area contributed by atoms with E-state index in [1.54, 1.807) is 29.6 Å². The van der Waals surface area contributed by atoms with Gasteiger partial charge in [-0.15, -0.1) is 11.3 Å². The summed E-state index contributed by atoms with van der Waals surface area (Å²) in [5.41, 5.74) is 0.770. The summed E-state index contributed by atoms with van der Waals surface area (Å²) in [5.74, 6) is -1.36. The van der Waals surface area contributed by atoms with E-state index in [1.807, 2.05) is 13.8 Å². The van der Waals surface area contributed by atoms with Gasteiger partial charge in [0.15, 0.2) is 6.10 Å². The first-order chi connectivity index (χ1) is 11.0. The number of halogens is 1. The highest BCUT2D eigenvalue weighted by atomic mass is 32.1. The fourth-order valence-corrected chi connectivity index (χ4v) is 2.56. The molecule has 1 aromatic carbocycles. The van der Waals surface area contributed by atoms with Gasteiger partial charge in [0, 0.05) is 6.54 Å². The van der Waals surface area contributed by atoms with E-state index in [-0.39, 0.29) is 24.2 Å². The molecule has 4 nitrogen and oxygen atoms in total. The topological polar surface area (TPSA) is 55.4 Å². The number of thiophene rings is 1. The molecule has 1 N–H and O–H groups in total. The monoisotopic (exact) mass is 335 g/mol. The molecule has 0 aliphatic carbocycles. The van der Waals surface area contributed by atoms with Crippen LogP contribution in [0.5, 0.6) is 0 Å². The molecular formula is C17H18FNO3S. The lowest BCUT2D eigenvalue weighted by Crippen LogP contribution is -2.40. The van der Waals surface area contributed by atoms with Gasteiger partial charge in [0.2, 0.25) is 0 Å². The standard InChI is InChI=1S/C17H18FNO3S/c1-11(2)15(22-17(21)14-4-3-9-23-14)16(20)19-10-12-5-7-13(18)8-6-12/h3-9,11,15H,10H2,1-2H3,(H,19,20)/t15-/m1/s1. The van der Waals surface area contributed by atoms with Gasteiger partial charge in [-0.25, -0.2) is 9.18 Å². The molecule has 0 spiro atoms. The largest absolute Gasteiger partial charge is 0.448 e. The third-order valence-corrected chi connectivity index (χ3v) is 4.05. The van der Waals surface area contributed by atoms with E-state index in [4.69, 9.17) is 4.74 Å². The van der Waals surface area contributed by atoms with Gasteiger partial charge in [-0.2, -0.15) is 0 Å². The number of esters is 1. The molecule has 23 heavy (non-hydrogen) atoms. The minimum atomic E-state index is -0.870. The Kier molecular flexibility index (Phi) is 5.87. The molecule has 2 rings (SSSR count). The van der Waals surface area contributed by atoms with Crippen LogP contribution in [0.1, 0.15) is 29.1 Å². The Bertz CT molecular complexity index is 653. The first kappa shape index (κ1) is 17.1. The van der Waals surface area contributed by atoms with Gasteiger partial charge in [0.25, 0.3) is 5.91 Å². The molecule has 122 valence electrons. The zero-order valence-electron chi connectivity index (χ0n) is 12.9. The Labute approximate surface area is 138 Å². The summed E-state index contributed by atoms with van der Waals surface area (Å²) in [7, 11) is 0. The first-order valence-electron chi connectivity index (χ1n) is 7.24. The summed E-state index contributed by atoms with van der Waals surface area (Å²) in [4.78, 5) is 24.7. The number of amides is 1. The van der Waals surface area contributed by atoms with Crippen molar-refractivity contribution in [3.63, 3.8) is 0 Å². The number of carbonyl (C=O) groups is 2. The molecule has 1 aromatic heterocycles. The van der Waals surface area contributed by atoms with Crippen molar-refractivity contribution < 1.29 is 18.7 Å². The predicted octanol–water partition coefficient (Wildman–Crippen LogP) is 3.39. The normalized spacial score (nSPS) is 12.0. The van der Waals surface area contributed by atoms with Crippen molar-refractivity contribution >= 4 is 23.2 Å². The molecule has 0 unspecified atom stereocenters. The SMILES string of the molecule is CC(C)[C@@H](OC(=O)c1cccs1)C(=O)NCc1ccc(F)cc1. The van der Waals surface area contributed by atoms with Crippen molar-refractivity contribution in [3.8, 4) is 0 Å². The maximum Gasteiger partial charge on any atom is 0.349 e. The van der Waals surface area contributed by atoms with Gasteiger partial charge in [0.1, 0.15) is 10.7 Å². The van der Waals surface area contributed by atoms with E-state index < -0.39 is 12.1 Å². The Morgan fingerprint density at radius 1 is 1.22 bits per heavy atom. The van der Waals surface area contributed by atoms with Crippen molar-refractivity contribution in [1.82, 2.24) is 5.32 Å². The van der Waals surface area contributed by atoms with Crippen LogP contribution in [0.4, 0.5) is 4.39 Å². The number of nitrogens with one attached hydrogen (secondary N) is 1. The first-order valence-corrected chi connectivity index (χ1v) is 8.12. The van der Waals surface area contributed by atoms with Crippen LogP contribution < -0.4 is 5.32 Å². The van der Waals surface area contributed by atoms with Crippen molar-refractivity contribution in [2.45, 2.75) is 26.5 Å². The Morgan fingerprint density at radius 2 is 1.91 bits per heavy atom. The fourth-order valence-electron chi connectivity index (χ4n) is 1.95. The number of rotatable bonds is 6. The number of benzene rings is 1. The summed E-state index contributed by atoms with van der Waals surface area (Å²) in [6.07, 6.45) is -0.870. The van der Waals surface area contributed by atoms with E-state index in [9.17, 15) is 14.0 Å². The molecule has 2 aromatic rings. The third-order valence-electron chi connectivity index (χ3n) is 3.20. The summed E-state index contributed by atoms with van der Waals surface area (Å²) in [6, 6.07) is 9.26. The van der Waals surface area contributed by atoms with Crippen molar-refractivity contribution in [1.29, 1.82) is 0 Å². The van der Waals surface area contributed by atoms with Crippen molar-refractivity contribution in [2.24, 2.45) is 5.92 Å². The van der Waals surface area contributed by atoms with Crippen LogP contribution in [0.2, 0.25) is 0 Å². The van der Waals surface area contributed by atoms with Gasteiger partial charge in [-0.05, 0) is 35.1 Å². The Hall–Kier alpha value is -2.21. The van der Waals surface area contributed by atoms with Crippen molar-refractivity contribution in [3.05, 3.63) is 58.0 Å². The fraction of sp³-hybridized carbons (Fsp3) is 0.294. The van der Waals surface area contributed by atoms with Crippen molar-refractivity contribution in [2.75, 3.05) is 0 Å². The van der Waals surface area contributed by atoms with Crippen LogP contribution in [0.25, 0.3) is 0 Å².